The number of nitrogens with one attached hydrogen (secondary N) is 1. The molecule has 0 saturated heterocycles. The maximum atomic E-state index is 13.5. The number of hydrogen-bond acceptors (Lipinski definition) is 6. The van der Waals surface area contributed by atoms with E-state index >= 15 is 0 Å². The normalized spacial score (nSPS) is 14.2. The summed E-state index contributed by atoms with van der Waals surface area (Å²) < 4.78 is 37.0. The van der Waals surface area contributed by atoms with Gasteiger partial charge in [-0.25, -0.2) is 8.42 Å². The van der Waals surface area contributed by atoms with Crippen LogP contribution >= 0.6 is 11.6 Å². The number of rotatable bonds is 10. The second kappa shape index (κ2) is 11.2. The third-order valence-electron chi connectivity index (χ3n) is 5.73. The first kappa shape index (κ1) is 26.6. The molecular formula is C24H30ClN3O6S. The van der Waals surface area contributed by atoms with Crippen molar-refractivity contribution in [3.63, 3.8) is 0 Å². The topological polar surface area (TPSA) is 105 Å². The van der Waals surface area contributed by atoms with Crippen LogP contribution in [0.2, 0.25) is 5.02 Å². The van der Waals surface area contributed by atoms with Gasteiger partial charge in [-0.05, 0) is 50.1 Å². The van der Waals surface area contributed by atoms with Gasteiger partial charge in [-0.2, -0.15) is 0 Å². The van der Waals surface area contributed by atoms with Crippen LogP contribution in [0.25, 0.3) is 0 Å². The molecule has 1 N–H and O–H groups in total. The van der Waals surface area contributed by atoms with E-state index in [9.17, 15) is 18.0 Å². The van der Waals surface area contributed by atoms with Gasteiger partial charge in [0.25, 0.3) is 0 Å². The van der Waals surface area contributed by atoms with Crippen LogP contribution in [-0.2, 0) is 26.2 Å². The van der Waals surface area contributed by atoms with E-state index in [1.54, 1.807) is 43.3 Å². The molecule has 0 aromatic heterocycles. The molecule has 11 heteroatoms. The summed E-state index contributed by atoms with van der Waals surface area (Å²) >= 11 is 6.12. The fourth-order valence-corrected chi connectivity index (χ4v) is 4.59. The molecule has 0 saturated carbocycles. The van der Waals surface area contributed by atoms with E-state index in [1.807, 2.05) is 13.8 Å². The highest BCUT2D eigenvalue weighted by Crippen LogP contribution is 2.36. The number of nitrogens with zero attached hydrogens (tertiary/aromatic N) is 2. The highest BCUT2D eigenvalue weighted by atomic mass is 35.5. The number of amides is 2. The van der Waals surface area contributed by atoms with Crippen molar-refractivity contribution in [3.8, 4) is 11.5 Å². The van der Waals surface area contributed by atoms with Gasteiger partial charge in [0.15, 0.2) is 11.5 Å². The summed E-state index contributed by atoms with van der Waals surface area (Å²) in [7, 11) is -3.84. The SMILES string of the molecule is CC[C@H](C)NC(=O)[C@H](C)N(Cc1cccc(Cl)c1)C(=O)CN(c1ccc2c(c1)OCO2)S(C)(=O)=O. The van der Waals surface area contributed by atoms with Crippen molar-refractivity contribution < 1.29 is 27.5 Å². The summed E-state index contributed by atoms with van der Waals surface area (Å²) in [4.78, 5) is 27.8. The number of sulfonamides is 1. The molecule has 0 aliphatic carbocycles. The highest BCUT2D eigenvalue weighted by Gasteiger charge is 2.31. The first-order valence-corrected chi connectivity index (χ1v) is 13.4. The van der Waals surface area contributed by atoms with Crippen LogP contribution in [0.3, 0.4) is 0 Å². The fraction of sp³-hybridized carbons (Fsp3) is 0.417. The molecule has 0 radical (unpaired) electrons. The quantitative estimate of drug-likeness (QED) is 0.513. The van der Waals surface area contributed by atoms with Gasteiger partial charge in [-0.1, -0.05) is 30.7 Å². The van der Waals surface area contributed by atoms with E-state index in [0.717, 1.165) is 17.0 Å². The lowest BCUT2D eigenvalue weighted by Crippen LogP contribution is -2.52. The van der Waals surface area contributed by atoms with E-state index in [1.165, 1.54) is 11.0 Å². The van der Waals surface area contributed by atoms with Gasteiger partial charge >= 0.3 is 0 Å². The number of fused-ring (bicyclic) bond motifs is 1. The van der Waals surface area contributed by atoms with Gasteiger partial charge in [0.1, 0.15) is 12.6 Å². The number of ether oxygens (including phenoxy) is 2. The van der Waals surface area contributed by atoms with Crippen LogP contribution in [-0.4, -0.2) is 56.8 Å². The Morgan fingerprint density at radius 3 is 2.49 bits per heavy atom. The van der Waals surface area contributed by atoms with E-state index in [2.05, 4.69) is 5.32 Å². The molecule has 2 amide bonds. The third-order valence-corrected chi connectivity index (χ3v) is 7.11. The Labute approximate surface area is 211 Å². The smallest absolute Gasteiger partial charge is 0.244 e. The third kappa shape index (κ3) is 6.79. The Morgan fingerprint density at radius 2 is 1.83 bits per heavy atom. The predicted molar refractivity (Wildman–Crippen MR) is 134 cm³/mol. The predicted octanol–water partition coefficient (Wildman–Crippen LogP) is 3.17. The first-order valence-electron chi connectivity index (χ1n) is 11.2. The second-order valence-electron chi connectivity index (χ2n) is 8.45. The van der Waals surface area contributed by atoms with Crippen LogP contribution in [0.15, 0.2) is 42.5 Å². The molecule has 0 spiro atoms. The minimum atomic E-state index is -3.84. The van der Waals surface area contributed by atoms with Crippen LogP contribution < -0.4 is 19.1 Å². The molecule has 9 nitrogen and oxygen atoms in total. The standard InChI is InChI=1S/C24H30ClN3O6S/c1-5-16(2)26-24(30)17(3)27(13-18-7-6-8-19(25)11-18)23(29)14-28(35(4,31)32)20-9-10-21-22(12-20)34-15-33-21/h6-12,16-17H,5,13-15H2,1-4H3,(H,26,30)/t16-,17-/m0/s1. The Balaban J connectivity index is 1.91. The molecule has 2 atom stereocenters. The first-order chi connectivity index (χ1) is 16.5. The van der Waals surface area contributed by atoms with Crippen LogP contribution in [0, 0.1) is 0 Å². The second-order valence-corrected chi connectivity index (χ2v) is 10.8. The van der Waals surface area contributed by atoms with Gasteiger partial charge in [0, 0.05) is 23.7 Å². The van der Waals surface area contributed by atoms with Crippen molar-refractivity contribution in [2.24, 2.45) is 0 Å². The number of benzene rings is 2. The van der Waals surface area contributed by atoms with Crippen molar-refractivity contribution in [1.29, 1.82) is 0 Å². The molecule has 0 fully saturated rings. The zero-order valence-electron chi connectivity index (χ0n) is 20.2. The highest BCUT2D eigenvalue weighted by molar-refractivity contribution is 7.92. The molecule has 3 rings (SSSR count). The lowest BCUT2D eigenvalue weighted by molar-refractivity contribution is -0.139. The van der Waals surface area contributed by atoms with E-state index in [-0.39, 0.29) is 31.0 Å². The number of carbonyl (C=O) groups is 2. The monoisotopic (exact) mass is 523 g/mol. The van der Waals surface area contributed by atoms with Crippen LogP contribution in [0.4, 0.5) is 5.69 Å². The number of carbonyl (C=O) groups excluding carboxylic acids is 2. The minimum absolute atomic E-state index is 0.0345. The lowest BCUT2D eigenvalue weighted by atomic mass is 10.1. The molecule has 0 unspecified atom stereocenters. The van der Waals surface area contributed by atoms with Gasteiger partial charge < -0.3 is 19.7 Å². The maximum absolute atomic E-state index is 13.5. The molecule has 1 heterocycles. The Morgan fingerprint density at radius 1 is 1.11 bits per heavy atom. The van der Waals surface area contributed by atoms with E-state index < -0.39 is 28.5 Å². The summed E-state index contributed by atoms with van der Waals surface area (Å²) in [6.45, 7) is 5.05. The van der Waals surface area contributed by atoms with Crippen molar-refractivity contribution in [1.82, 2.24) is 10.2 Å². The van der Waals surface area contributed by atoms with Gasteiger partial charge in [-0.15, -0.1) is 0 Å². The molecule has 190 valence electrons. The summed E-state index contributed by atoms with van der Waals surface area (Å²) in [5.41, 5.74) is 0.965. The Kier molecular flexibility index (Phi) is 8.50. The molecule has 2 aromatic carbocycles. The van der Waals surface area contributed by atoms with E-state index in [0.29, 0.717) is 22.1 Å². The van der Waals surface area contributed by atoms with Gasteiger partial charge in [-0.3, -0.25) is 13.9 Å². The van der Waals surface area contributed by atoms with Crippen LogP contribution in [0.1, 0.15) is 32.8 Å². The van der Waals surface area contributed by atoms with E-state index in [4.69, 9.17) is 21.1 Å². The Hall–Kier alpha value is -2.98. The molecule has 35 heavy (non-hydrogen) atoms. The summed E-state index contributed by atoms with van der Waals surface area (Å²) in [6, 6.07) is 10.7. The summed E-state index contributed by atoms with van der Waals surface area (Å²) in [5, 5.41) is 3.37. The van der Waals surface area contributed by atoms with Gasteiger partial charge in [0.2, 0.25) is 28.6 Å². The van der Waals surface area contributed by atoms with Gasteiger partial charge in [0.05, 0.1) is 11.9 Å². The Bertz CT molecular complexity index is 1190. The number of halogens is 1. The maximum Gasteiger partial charge on any atom is 0.244 e. The van der Waals surface area contributed by atoms with Crippen molar-refractivity contribution in [2.75, 3.05) is 23.9 Å². The number of anilines is 1. The largest absolute Gasteiger partial charge is 0.454 e. The molecule has 0 bridgehead atoms. The fourth-order valence-electron chi connectivity index (χ4n) is 3.53. The van der Waals surface area contributed by atoms with Crippen molar-refractivity contribution in [2.45, 2.75) is 45.8 Å². The molecule has 2 aromatic rings. The molecule has 1 aliphatic heterocycles. The zero-order valence-corrected chi connectivity index (χ0v) is 21.7. The average Bonchev–Trinajstić information content (AvgIpc) is 3.27. The van der Waals surface area contributed by atoms with Crippen molar-refractivity contribution in [3.05, 3.63) is 53.1 Å². The molecule has 1 aliphatic rings. The zero-order chi connectivity index (χ0) is 25.8. The van der Waals surface area contributed by atoms with Crippen LogP contribution in [0.5, 0.6) is 11.5 Å². The molecular weight excluding hydrogens is 494 g/mol. The summed E-state index contributed by atoms with van der Waals surface area (Å²) in [5.74, 6) is 0.00992. The lowest BCUT2D eigenvalue weighted by Gasteiger charge is -2.32. The average molecular weight is 524 g/mol. The number of hydrogen-bond donors (Lipinski definition) is 1. The summed E-state index contributed by atoms with van der Waals surface area (Å²) in [6.07, 6.45) is 1.75. The van der Waals surface area contributed by atoms with Crippen molar-refractivity contribution >= 4 is 39.1 Å². The minimum Gasteiger partial charge on any atom is -0.454 e.